The molecule has 4 fully saturated rings. The van der Waals surface area contributed by atoms with Gasteiger partial charge in [-0.15, -0.1) is 0 Å². The predicted molar refractivity (Wildman–Crippen MR) is 107 cm³/mol. The largest absolute Gasteiger partial charge is 0.458 e. The molecule has 4 saturated carbocycles. The normalized spacial score (nSPS) is 47.6. The number of carbonyl (C=O) groups is 2. The number of hydrogen-bond acceptors (Lipinski definition) is 4. The van der Waals surface area contributed by atoms with Crippen LogP contribution in [-0.4, -0.2) is 30.1 Å². The van der Waals surface area contributed by atoms with E-state index >= 15 is 0 Å². The average molecular weight is 391 g/mol. The number of aliphatic hydroxyl groups is 1. The van der Waals surface area contributed by atoms with Gasteiger partial charge in [0.15, 0.2) is 5.78 Å². The van der Waals surface area contributed by atoms with Gasteiger partial charge < -0.3 is 9.84 Å². The second-order valence-corrected chi connectivity index (χ2v) is 10.9. The fraction of sp³-hybridized carbons (Fsp3) is 0.917. The van der Waals surface area contributed by atoms with Crippen molar-refractivity contribution in [2.45, 2.75) is 78.6 Å². The molecule has 0 bridgehead atoms. The first-order valence-electron chi connectivity index (χ1n) is 11.6. The van der Waals surface area contributed by atoms with E-state index in [1.54, 1.807) is 0 Å². The van der Waals surface area contributed by atoms with Crippen LogP contribution in [-0.2, 0) is 14.3 Å². The lowest BCUT2D eigenvalue weighted by atomic mass is 9.44. The highest BCUT2D eigenvalue weighted by atomic mass is 16.5. The van der Waals surface area contributed by atoms with Crippen molar-refractivity contribution in [2.24, 2.45) is 46.3 Å². The van der Waals surface area contributed by atoms with Crippen molar-refractivity contribution in [2.75, 3.05) is 13.2 Å². The predicted octanol–water partition coefficient (Wildman–Crippen LogP) is 4.39. The molecule has 28 heavy (non-hydrogen) atoms. The van der Waals surface area contributed by atoms with Crippen molar-refractivity contribution in [1.29, 1.82) is 0 Å². The zero-order chi connectivity index (χ0) is 20.1. The summed E-state index contributed by atoms with van der Waals surface area (Å²) >= 11 is 0. The third-order valence-electron chi connectivity index (χ3n) is 9.84. The van der Waals surface area contributed by atoms with Crippen molar-refractivity contribution in [3.8, 4) is 0 Å². The van der Waals surface area contributed by atoms with E-state index in [9.17, 15) is 14.7 Å². The Morgan fingerprint density at radius 2 is 1.68 bits per heavy atom. The van der Waals surface area contributed by atoms with E-state index in [2.05, 4.69) is 13.8 Å². The molecule has 0 aromatic carbocycles. The van der Waals surface area contributed by atoms with Crippen LogP contribution in [0.3, 0.4) is 0 Å². The van der Waals surface area contributed by atoms with E-state index in [0.717, 1.165) is 37.0 Å². The molecular formula is C24H38O4. The maximum Gasteiger partial charge on any atom is 0.303 e. The summed E-state index contributed by atoms with van der Waals surface area (Å²) < 4.78 is 5.05. The molecule has 4 rings (SSSR count). The van der Waals surface area contributed by atoms with Crippen molar-refractivity contribution < 1.29 is 19.4 Å². The van der Waals surface area contributed by atoms with Gasteiger partial charge in [0, 0.05) is 19.4 Å². The second kappa shape index (κ2) is 7.41. The Balaban J connectivity index is 1.50. The monoisotopic (exact) mass is 390 g/mol. The van der Waals surface area contributed by atoms with Crippen LogP contribution in [0.2, 0.25) is 0 Å². The second-order valence-electron chi connectivity index (χ2n) is 10.9. The number of Topliss-reactive ketones (excluding diaryl/α,β-unsaturated/α-hetero) is 1. The third-order valence-corrected chi connectivity index (χ3v) is 9.84. The van der Waals surface area contributed by atoms with Gasteiger partial charge in [-0.05, 0) is 98.2 Å². The maximum atomic E-state index is 12.8. The van der Waals surface area contributed by atoms with Crippen molar-refractivity contribution in [3.63, 3.8) is 0 Å². The standard InChI is InChI=1S/C24H38O4/c1-15(26)28-14-22(27)21-7-6-19-18-5-4-17-12-16(13-25)8-10-23(17,2)20(18)9-11-24(19,21)3/h16-21,25H,4-14H2,1-3H3/t16?,17?,18-,19-,20-,21+,23-,24-/m0/s1. The smallest absolute Gasteiger partial charge is 0.303 e. The molecule has 0 spiro atoms. The Hall–Kier alpha value is -0.900. The lowest BCUT2D eigenvalue weighted by Crippen LogP contribution is -2.54. The molecule has 8 atom stereocenters. The summed E-state index contributed by atoms with van der Waals surface area (Å²) in [4.78, 5) is 24.0. The Kier molecular flexibility index (Phi) is 5.39. The number of esters is 1. The molecule has 0 heterocycles. The molecular weight excluding hydrogens is 352 g/mol. The molecule has 0 saturated heterocycles. The van der Waals surface area contributed by atoms with Gasteiger partial charge in [-0.25, -0.2) is 0 Å². The van der Waals surface area contributed by atoms with Gasteiger partial charge in [0.05, 0.1) is 0 Å². The van der Waals surface area contributed by atoms with Gasteiger partial charge >= 0.3 is 5.97 Å². The van der Waals surface area contributed by atoms with Crippen LogP contribution < -0.4 is 0 Å². The molecule has 1 N–H and O–H groups in total. The first-order chi connectivity index (χ1) is 13.3. The molecule has 0 aliphatic heterocycles. The molecule has 158 valence electrons. The summed E-state index contributed by atoms with van der Waals surface area (Å²) in [5, 5.41) is 9.65. The Morgan fingerprint density at radius 3 is 2.39 bits per heavy atom. The quantitative estimate of drug-likeness (QED) is 0.723. The number of aliphatic hydroxyl groups excluding tert-OH is 1. The number of ketones is 1. The Morgan fingerprint density at radius 1 is 0.964 bits per heavy atom. The van der Waals surface area contributed by atoms with Crippen LogP contribution >= 0.6 is 0 Å². The summed E-state index contributed by atoms with van der Waals surface area (Å²) in [6, 6.07) is 0. The summed E-state index contributed by atoms with van der Waals surface area (Å²) in [7, 11) is 0. The molecule has 2 unspecified atom stereocenters. The van der Waals surface area contributed by atoms with E-state index in [4.69, 9.17) is 4.74 Å². The SMILES string of the molecule is CC(=O)OCC(=O)[C@H]1CC[C@H]2[C@@H]3CCC4CC(CO)CC[C@]4(C)[C@H]3CC[C@]12C. The lowest BCUT2D eigenvalue weighted by Gasteiger charge is -2.61. The van der Waals surface area contributed by atoms with Gasteiger partial charge in [0.1, 0.15) is 6.61 Å². The van der Waals surface area contributed by atoms with Gasteiger partial charge in [-0.3, -0.25) is 9.59 Å². The van der Waals surface area contributed by atoms with E-state index in [-0.39, 0.29) is 29.7 Å². The van der Waals surface area contributed by atoms with Crippen LogP contribution in [0.4, 0.5) is 0 Å². The van der Waals surface area contributed by atoms with Crippen LogP contribution in [0.5, 0.6) is 0 Å². The summed E-state index contributed by atoms with van der Waals surface area (Å²) in [6.45, 7) is 6.59. The molecule has 4 heteroatoms. The van der Waals surface area contributed by atoms with E-state index < -0.39 is 0 Å². The highest BCUT2D eigenvalue weighted by molar-refractivity contribution is 5.85. The molecule has 0 radical (unpaired) electrons. The highest BCUT2D eigenvalue weighted by Crippen LogP contribution is 2.67. The van der Waals surface area contributed by atoms with Gasteiger partial charge in [0.25, 0.3) is 0 Å². The number of rotatable bonds is 4. The minimum Gasteiger partial charge on any atom is -0.458 e. The maximum absolute atomic E-state index is 12.8. The fourth-order valence-electron chi connectivity index (χ4n) is 8.32. The number of hydrogen-bond donors (Lipinski definition) is 1. The zero-order valence-corrected chi connectivity index (χ0v) is 17.9. The molecule has 0 aromatic rings. The van der Waals surface area contributed by atoms with Crippen LogP contribution in [0, 0.1) is 46.3 Å². The number of fused-ring (bicyclic) bond motifs is 5. The molecule has 4 aliphatic carbocycles. The first kappa shape index (κ1) is 20.4. The van der Waals surface area contributed by atoms with Crippen LogP contribution in [0.15, 0.2) is 0 Å². The van der Waals surface area contributed by atoms with Gasteiger partial charge in [-0.1, -0.05) is 13.8 Å². The van der Waals surface area contributed by atoms with Crippen LogP contribution in [0.1, 0.15) is 78.6 Å². The summed E-state index contributed by atoms with van der Waals surface area (Å²) in [6.07, 6.45) is 10.8. The van der Waals surface area contributed by atoms with Crippen molar-refractivity contribution >= 4 is 11.8 Å². The minimum atomic E-state index is -0.360. The zero-order valence-electron chi connectivity index (χ0n) is 17.9. The van der Waals surface area contributed by atoms with Gasteiger partial charge in [-0.2, -0.15) is 0 Å². The fourth-order valence-corrected chi connectivity index (χ4v) is 8.32. The van der Waals surface area contributed by atoms with Gasteiger partial charge in [0.2, 0.25) is 0 Å². The molecule has 4 nitrogen and oxygen atoms in total. The van der Waals surface area contributed by atoms with Crippen molar-refractivity contribution in [3.05, 3.63) is 0 Å². The van der Waals surface area contributed by atoms with E-state index in [1.807, 2.05) is 0 Å². The highest BCUT2D eigenvalue weighted by Gasteiger charge is 2.61. The third kappa shape index (κ3) is 3.14. The van der Waals surface area contributed by atoms with Crippen molar-refractivity contribution in [1.82, 2.24) is 0 Å². The first-order valence-corrected chi connectivity index (χ1v) is 11.6. The number of ether oxygens (including phenoxy) is 1. The van der Waals surface area contributed by atoms with Crippen LogP contribution in [0.25, 0.3) is 0 Å². The Bertz CT molecular complexity index is 630. The average Bonchev–Trinajstić information content (AvgIpc) is 3.02. The molecule has 4 aliphatic rings. The molecule has 0 amide bonds. The van der Waals surface area contributed by atoms with E-state index in [0.29, 0.717) is 23.9 Å². The van der Waals surface area contributed by atoms with E-state index in [1.165, 1.54) is 45.4 Å². The molecule has 0 aromatic heterocycles. The number of carbonyl (C=O) groups excluding carboxylic acids is 2. The summed E-state index contributed by atoms with van der Waals surface area (Å²) in [5.74, 6) is 3.30. The Labute approximate surface area is 169 Å². The minimum absolute atomic E-state index is 0.0429. The topological polar surface area (TPSA) is 63.6 Å². The lowest BCUT2D eigenvalue weighted by molar-refractivity contribution is -0.151. The summed E-state index contributed by atoms with van der Waals surface area (Å²) in [5.41, 5.74) is 0.514.